The molecule has 2 heteroatoms. The van der Waals surface area contributed by atoms with Gasteiger partial charge in [-0.1, -0.05) is 53.6 Å². The minimum Gasteiger partial charge on any atom is -0.497 e. The average Bonchev–Trinajstić information content (AvgIpc) is 2.61. The molecule has 0 aromatic heterocycles. The molecule has 0 saturated carbocycles. The molecule has 1 aliphatic rings. The van der Waals surface area contributed by atoms with Gasteiger partial charge < -0.3 is 4.74 Å². The molecule has 24 heavy (non-hydrogen) atoms. The van der Waals surface area contributed by atoms with Crippen molar-refractivity contribution in [3.8, 4) is 5.75 Å². The van der Waals surface area contributed by atoms with E-state index in [1.54, 1.807) is 12.7 Å². The van der Waals surface area contributed by atoms with Crippen LogP contribution in [0.15, 0.2) is 65.7 Å². The molecular weight excluding hydrogens is 294 g/mol. The van der Waals surface area contributed by atoms with Gasteiger partial charge in [0.1, 0.15) is 5.75 Å². The first-order chi connectivity index (χ1) is 11.7. The first-order valence-corrected chi connectivity index (χ1v) is 8.72. The van der Waals surface area contributed by atoms with Crippen LogP contribution in [0.2, 0.25) is 0 Å². The molecule has 126 valence electrons. The van der Waals surface area contributed by atoms with Gasteiger partial charge in [0, 0.05) is 19.1 Å². The third-order valence-electron chi connectivity index (χ3n) is 5.09. The second-order valence-corrected chi connectivity index (χ2v) is 6.86. The SMILES string of the molecule is COc1ccc(CC2CC(C)=C(C)CN2Cc2ccccc2)cc1. The number of methoxy groups -OCH3 is 1. The van der Waals surface area contributed by atoms with Crippen LogP contribution in [0.4, 0.5) is 0 Å². The molecule has 3 rings (SSSR count). The molecule has 0 saturated heterocycles. The Morgan fingerprint density at radius 3 is 2.29 bits per heavy atom. The van der Waals surface area contributed by atoms with Crippen molar-refractivity contribution in [2.45, 2.75) is 39.3 Å². The Bertz CT molecular complexity index is 688. The molecule has 0 fully saturated rings. The van der Waals surface area contributed by atoms with E-state index >= 15 is 0 Å². The molecule has 0 bridgehead atoms. The summed E-state index contributed by atoms with van der Waals surface area (Å²) in [4.78, 5) is 2.63. The van der Waals surface area contributed by atoms with E-state index in [1.807, 2.05) is 0 Å². The van der Waals surface area contributed by atoms with Crippen molar-refractivity contribution in [2.24, 2.45) is 0 Å². The topological polar surface area (TPSA) is 12.5 Å². The first kappa shape index (κ1) is 16.8. The van der Waals surface area contributed by atoms with E-state index < -0.39 is 0 Å². The summed E-state index contributed by atoms with van der Waals surface area (Å²) in [5, 5.41) is 0. The van der Waals surface area contributed by atoms with Gasteiger partial charge in [-0.05, 0) is 49.9 Å². The highest BCUT2D eigenvalue weighted by Gasteiger charge is 2.25. The average molecular weight is 321 g/mol. The maximum absolute atomic E-state index is 5.27. The summed E-state index contributed by atoms with van der Waals surface area (Å²) in [7, 11) is 1.72. The Morgan fingerprint density at radius 2 is 1.62 bits per heavy atom. The minimum absolute atomic E-state index is 0.558. The minimum atomic E-state index is 0.558. The highest BCUT2D eigenvalue weighted by molar-refractivity contribution is 5.29. The number of ether oxygens (including phenoxy) is 1. The van der Waals surface area contributed by atoms with E-state index in [0.29, 0.717) is 6.04 Å². The van der Waals surface area contributed by atoms with Gasteiger partial charge in [0.05, 0.1) is 7.11 Å². The van der Waals surface area contributed by atoms with Crippen molar-refractivity contribution >= 4 is 0 Å². The molecule has 0 amide bonds. The number of hydrogen-bond donors (Lipinski definition) is 0. The van der Waals surface area contributed by atoms with E-state index in [-0.39, 0.29) is 0 Å². The predicted octanol–water partition coefficient (Wildman–Crippen LogP) is 4.85. The van der Waals surface area contributed by atoms with E-state index in [4.69, 9.17) is 4.74 Å². The molecule has 1 unspecified atom stereocenters. The molecular formula is C22H27NO. The fraction of sp³-hybridized carbons (Fsp3) is 0.364. The fourth-order valence-corrected chi connectivity index (χ4v) is 3.46. The molecule has 1 heterocycles. The number of hydrogen-bond acceptors (Lipinski definition) is 2. The van der Waals surface area contributed by atoms with E-state index in [2.05, 4.69) is 73.3 Å². The van der Waals surface area contributed by atoms with Gasteiger partial charge in [-0.15, -0.1) is 0 Å². The van der Waals surface area contributed by atoms with Crippen LogP contribution in [0, 0.1) is 0 Å². The van der Waals surface area contributed by atoms with Gasteiger partial charge >= 0.3 is 0 Å². The monoisotopic (exact) mass is 321 g/mol. The standard InChI is InChI=1S/C22H27NO/c1-17-13-21(14-19-9-11-22(24-3)12-10-19)23(15-18(17)2)16-20-7-5-4-6-8-20/h4-12,21H,13-16H2,1-3H3. The summed E-state index contributed by atoms with van der Waals surface area (Å²) in [6.45, 7) is 6.65. The van der Waals surface area contributed by atoms with Gasteiger partial charge in [-0.25, -0.2) is 0 Å². The summed E-state index contributed by atoms with van der Waals surface area (Å²) >= 11 is 0. The molecule has 2 nitrogen and oxygen atoms in total. The second-order valence-electron chi connectivity index (χ2n) is 6.86. The van der Waals surface area contributed by atoms with E-state index in [0.717, 1.165) is 31.7 Å². The first-order valence-electron chi connectivity index (χ1n) is 8.72. The Labute approximate surface area is 145 Å². The van der Waals surface area contributed by atoms with Crippen LogP contribution in [0.3, 0.4) is 0 Å². The zero-order valence-electron chi connectivity index (χ0n) is 15.0. The van der Waals surface area contributed by atoms with Crippen LogP contribution in [-0.2, 0) is 13.0 Å². The van der Waals surface area contributed by atoms with Gasteiger partial charge in [0.25, 0.3) is 0 Å². The van der Waals surface area contributed by atoms with Crippen molar-refractivity contribution in [1.29, 1.82) is 0 Å². The molecule has 2 aromatic rings. The van der Waals surface area contributed by atoms with Gasteiger partial charge in [0.2, 0.25) is 0 Å². The van der Waals surface area contributed by atoms with Crippen LogP contribution < -0.4 is 4.74 Å². The molecule has 1 atom stereocenters. The predicted molar refractivity (Wildman–Crippen MR) is 100 cm³/mol. The largest absolute Gasteiger partial charge is 0.497 e. The lowest BCUT2D eigenvalue weighted by Gasteiger charge is -2.37. The van der Waals surface area contributed by atoms with Crippen LogP contribution in [0.1, 0.15) is 31.4 Å². The summed E-state index contributed by atoms with van der Waals surface area (Å²) in [5.41, 5.74) is 5.85. The quantitative estimate of drug-likeness (QED) is 0.730. The molecule has 0 N–H and O–H groups in total. The van der Waals surface area contributed by atoms with Gasteiger partial charge in [-0.3, -0.25) is 4.90 Å². The van der Waals surface area contributed by atoms with Gasteiger partial charge in [-0.2, -0.15) is 0 Å². The molecule has 0 spiro atoms. The summed E-state index contributed by atoms with van der Waals surface area (Å²) in [6, 6.07) is 19.9. The van der Waals surface area contributed by atoms with Crippen molar-refractivity contribution in [2.75, 3.05) is 13.7 Å². The third-order valence-corrected chi connectivity index (χ3v) is 5.09. The molecule has 1 aliphatic heterocycles. The zero-order valence-corrected chi connectivity index (χ0v) is 15.0. The lowest BCUT2D eigenvalue weighted by molar-refractivity contribution is 0.187. The van der Waals surface area contributed by atoms with Crippen LogP contribution >= 0.6 is 0 Å². The zero-order chi connectivity index (χ0) is 16.9. The summed E-state index contributed by atoms with van der Waals surface area (Å²) in [5.74, 6) is 0.926. The smallest absolute Gasteiger partial charge is 0.118 e. The fourth-order valence-electron chi connectivity index (χ4n) is 3.46. The Balaban J connectivity index is 1.76. The van der Waals surface area contributed by atoms with Crippen molar-refractivity contribution < 1.29 is 4.74 Å². The Morgan fingerprint density at radius 1 is 0.917 bits per heavy atom. The third kappa shape index (κ3) is 4.07. The van der Waals surface area contributed by atoms with Crippen LogP contribution in [-0.4, -0.2) is 24.6 Å². The van der Waals surface area contributed by atoms with Crippen LogP contribution in [0.25, 0.3) is 0 Å². The summed E-state index contributed by atoms with van der Waals surface area (Å²) in [6.07, 6.45) is 2.24. The van der Waals surface area contributed by atoms with E-state index in [1.165, 1.54) is 16.7 Å². The maximum Gasteiger partial charge on any atom is 0.118 e. The molecule has 2 aromatic carbocycles. The number of benzene rings is 2. The lowest BCUT2D eigenvalue weighted by Crippen LogP contribution is -2.41. The van der Waals surface area contributed by atoms with Gasteiger partial charge in [0.15, 0.2) is 0 Å². The van der Waals surface area contributed by atoms with Crippen molar-refractivity contribution in [1.82, 2.24) is 4.90 Å². The normalized spacial score (nSPS) is 18.7. The highest BCUT2D eigenvalue weighted by atomic mass is 16.5. The molecule has 0 aliphatic carbocycles. The van der Waals surface area contributed by atoms with Crippen molar-refractivity contribution in [3.05, 3.63) is 76.9 Å². The summed E-state index contributed by atoms with van der Waals surface area (Å²) < 4.78 is 5.27. The van der Waals surface area contributed by atoms with Crippen LogP contribution in [0.5, 0.6) is 5.75 Å². The number of rotatable bonds is 5. The van der Waals surface area contributed by atoms with Crippen molar-refractivity contribution in [3.63, 3.8) is 0 Å². The number of nitrogens with zero attached hydrogens (tertiary/aromatic N) is 1. The second kappa shape index (κ2) is 7.67. The Hall–Kier alpha value is -2.06. The van der Waals surface area contributed by atoms with E-state index in [9.17, 15) is 0 Å². The molecule has 0 radical (unpaired) electrons. The highest BCUT2D eigenvalue weighted by Crippen LogP contribution is 2.27. The lowest BCUT2D eigenvalue weighted by atomic mass is 9.91. The Kier molecular flexibility index (Phi) is 5.37. The maximum atomic E-state index is 5.27.